The summed E-state index contributed by atoms with van der Waals surface area (Å²) in [7, 11) is 0. The Balaban J connectivity index is 2.15. The van der Waals surface area contributed by atoms with Gasteiger partial charge in [0.1, 0.15) is 0 Å². The van der Waals surface area contributed by atoms with E-state index >= 15 is 0 Å². The summed E-state index contributed by atoms with van der Waals surface area (Å²) >= 11 is 3.32. The van der Waals surface area contributed by atoms with Crippen LogP contribution in [0.5, 0.6) is 0 Å². The zero-order valence-corrected chi connectivity index (χ0v) is 12.5. The van der Waals surface area contributed by atoms with Crippen molar-refractivity contribution in [3.63, 3.8) is 0 Å². The van der Waals surface area contributed by atoms with Crippen LogP contribution >= 0.6 is 15.9 Å². The highest BCUT2D eigenvalue weighted by atomic mass is 79.9. The molecule has 1 heterocycles. The molecule has 1 aromatic carbocycles. The van der Waals surface area contributed by atoms with E-state index in [-0.39, 0.29) is 12.3 Å². The average Bonchev–Trinajstić information content (AvgIpc) is 2.38. The Bertz CT molecular complexity index is 512. The summed E-state index contributed by atoms with van der Waals surface area (Å²) < 4.78 is 6.07. The number of benzene rings is 1. The van der Waals surface area contributed by atoms with Crippen LogP contribution in [-0.4, -0.2) is 35.7 Å². The molecule has 0 unspecified atom stereocenters. The van der Waals surface area contributed by atoms with Gasteiger partial charge in [0.25, 0.3) is 5.91 Å². The van der Waals surface area contributed by atoms with Gasteiger partial charge in [-0.15, -0.1) is 0 Å². The van der Waals surface area contributed by atoms with E-state index in [4.69, 9.17) is 9.84 Å². The first-order chi connectivity index (χ1) is 9.51. The molecular weight excluding hydrogens is 326 g/mol. The first-order valence-corrected chi connectivity index (χ1v) is 7.18. The first kappa shape index (κ1) is 15.0. The van der Waals surface area contributed by atoms with Gasteiger partial charge in [0.05, 0.1) is 12.0 Å². The number of hydrogen-bond acceptors (Lipinski definition) is 3. The van der Waals surface area contributed by atoms with Crippen LogP contribution in [0.15, 0.2) is 28.7 Å². The van der Waals surface area contributed by atoms with Crippen LogP contribution in [0.1, 0.15) is 29.6 Å². The molecule has 6 heteroatoms. The molecule has 1 amide bonds. The highest BCUT2D eigenvalue weighted by Crippen LogP contribution is 2.25. The number of carboxylic acids is 1. The van der Waals surface area contributed by atoms with Gasteiger partial charge in [0.2, 0.25) is 0 Å². The molecular formula is C14H16BrNO4. The Labute approximate surface area is 125 Å². The summed E-state index contributed by atoms with van der Waals surface area (Å²) in [6.07, 6.45) is 0.939. The van der Waals surface area contributed by atoms with E-state index in [1.165, 1.54) is 0 Å². The maximum absolute atomic E-state index is 12.3. The number of carboxylic acid groups (broad SMARTS) is 1. The summed E-state index contributed by atoms with van der Waals surface area (Å²) in [6, 6.07) is 7.02. The van der Waals surface area contributed by atoms with Gasteiger partial charge < -0.3 is 15.2 Å². The minimum absolute atomic E-state index is 0.0872. The Kier molecular flexibility index (Phi) is 4.77. The van der Waals surface area contributed by atoms with Crippen LogP contribution < -0.4 is 5.32 Å². The molecule has 2 N–H and O–H groups in total. The van der Waals surface area contributed by atoms with Crippen molar-refractivity contribution < 1.29 is 19.4 Å². The van der Waals surface area contributed by atoms with Crippen LogP contribution in [0.25, 0.3) is 0 Å². The number of aliphatic carboxylic acids is 1. The fourth-order valence-corrected chi connectivity index (χ4v) is 2.74. The zero-order chi connectivity index (χ0) is 14.6. The summed E-state index contributed by atoms with van der Waals surface area (Å²) in [6.45, 7) is 0.929. The van der Waals surface area contributed by atoms with Crippen LogP contribution in [0.3, 0.4) is 0 Å². The maximum Gasteiger partial charge on any atom is 0.305 e. The molecule has 1 saturated heterocycles. The molecule has 1 aromatic rings. The lowest BCUT2D eigenvalue weighted by Crippen LogP contribution is -2.53. The van der Waals surface area contributed by atoms with Gasteiger partial charge in [-0.05, 0) is 31.0 Å². The molecule has 0 saturated carbocycles. The average molecular weight is 342 g/mol. The standard InChI is InChI=1S/C14H16BrNO4/c15-11-3-1-2-10(8-11)13(19)16-14(9-12(17)18)4-6-20-7-5-14/h1-3,8H,4-7,9H2,(H,16,19)(H,17,18). The van der Waals surface area contributed by atoms with E-state index in [1.807, 2.05) is 6.07 Å². The van der Waals surface area contributed by atoms with E-state index in [2.05, 4.69) is 21.2 Å². The number of ether oxygens (including phenoxy) is 1. The topological polar surface area (TPSA) is 75.6 Å². The second-order valence-corrected chi connectivity index (χ2v) is 5.84. The predicted octanol–water partition coefficient (Wildman–Crippen LogP) is 2.20. The molecule has 0 bridgehead atoms. The third-order valence-corrected chi connectivity index (χ3v) is 3.90. The maximum atomic E-state index is 12.3. The third kappa shape index (κ3) is 3.80. The van der Waals surface area contributed by atoms with Crippen molar-refractivity contribution >= 4 is 27.8 Å². The van der Waals surface area contributed by atoms with Crippen molar-refractivity contribution in [3.8, 4) is 0 Å². The molecule has 2 rings (SSSR count). The first-order valence-electron chi connectivity index (χ1n) is 6.38. The minimum atomic E-state index is -0.915. The van der Waals surface area contributed by atoms with Gasteiger partial charge in [-0.2, -0.15) is 0 Å². The molecule has 1 aliphatic rings. The Morgan fingerprint density at radius 2 is 2.05 bits per heavy atom. The van der Waals surface area contributed by atoms with Gasteiger partial charge in [0.15, 0.2) is 0 Å². The van der Waals surface area contributed by atoms with Crippen LogP contribution in [0.4, 0.5) is 0 Å². The van der Waals surface area contributed by atoms with Crippen molar-refractivity contribution in [3.05, 3.63) is 34.3 Å². The van der Waals surface area contributed by atoms with Crippen LogP contribution in [0, 0.1) is 0 Å². The summed E-state index contributed by atoms with van der Waals surface area (Å²) in [5.74, 6) is -1.17. The molecule has 0 atom stereocenters. The number of rotatable bonds is 4. The second kappa shape index (κ2) is 6.37. The van der Waals surface area contributed by atoms with Crippen LogP contribution in [0.2, 0.25) is 0 Å². The van der Waals surface area contributed by atoms with E-state index in [0.717, 1.165) is 4.47 Å². The molecule has 0 spiro atoms. The van der Waals surface area contributed by atoms with E-state index in [9.17, 15) is 9.59 Å². The number of hydrogen-bond donors (Lipinski definition) is 2. The molecule has 0 radical (unpaired) electrons. The Hall–Kier alpha value is -1.40. The lowest BCUT2D eigenvalue weighted by Gasteiger charge is -2.36. The molecule has 5 nitrogen and oxygen atoms in total. The van der Waals surface area contributed by atoms with Crippen molar-refractivity contribution in [1.29, 1.82) is 0 Å². The minimum Gasteiger partial charge on any atom is -0.481 e. The molecule has 0 aromatic heterocycles. The van der Waals surface area contributed by atoms with Crippen molar-refractivity contribution in [1.82, 2.24) is 5.32 Å². The summed E-state index contributed by atoms with van der Waals surface area (Å²) in [4.78, 5) is 23.3. The Morgan fingerprint density at radius 1 is 1.35 bits per heavy atom. The van der Waals surface area contributed by atoms with E-state index < -0.39 is 11.5 Å². The summed E-state index contributed by atoms with van der Waals surface area (Å²) in [5.41, 5.74) is -0.209. The largest absolute Gasteiger partial charge is 0.481 e. The normalized spacial score (nSPS) is 17.4. The van der Waals surface area contributed by atoms with Gasteiger partial charge in [-0.1, -0.05) is 22.0 Å². The quantitative estimate of drug-likeness (QED) is 0.880. The van der Waals surface area contributed by atoms with Crippen molar-refractivity contribution in [2.45, 2.75) is 24.8 Å². The van der Waals surface area contributed by atoms with Crippen molar-refractivity contribution in [2.24, 2.45) is 0 Å². The molecule has 1 fully saturated rings. The SMILES string of the molecule is O=C(O)CC1(NC(=O)c2cccc(Br)c2)CCOCC1. The van der Waals surface area contributed by atoms with Gasteiger partial charge in [-0.3, -0.25) is 9.59 Å². The van der Waals surface area contributed by atoms with Gasteiger partial charge in [-0.25, -0.2) is 0 Å². The Morgan fingerprint density at radius 3 is 2.65 bits per heavy atom. The highest BCUT2D eigenvalue weighted by Gasteiger charge is 2.36. The lowest BCUT2D eigenvalue weighted by atomic mass is 9.86. The van der Waals surface area contributed by atoms with Crippen molar-refractivity contribution in [2.75, 3.05) is 13.2 Å². The number of amides is 1. The number of carbonyl (C=O) groups is 2. The van der Waals surface area contributed by atoms with Crippen LogP contribution in [-0.2, 0) is 9.53 Å². The number of nitrogens with one attached hydrogen (secondary N) is 1. The van der Waals surface area contributed by atoms with E-state index in [1.54, 1.807) is 18.2 Å². The highest BCUT2D eigenvalue weighted by molar-refractivity contribution is 9.10. The smallest absolute Gasteiger partial charge is 0.305 e. The van der Waals surface area contributed by atoms with Gasteiger partial charge in [0, 0.05) is 23.2 Å². The van der Waals surface area contributed by atoms with Gasteiger partial charge >= 0.3 is 5.97 Å². The summed E-state index contributed by atoms with van der Waals surface area (Å²) in [5, 5.41) is 11.9. The molecule has 108 valence electrons. The zero-order valence-electron chi connectivity index (χ0n) is 10.9. The third-order valence-electron chi connectivity index (χ3n) is 3.41. The monoisotopic (exact) mass is 341 g/mol. The molecule has 20 heavy (non-hydrogen) atoms. The molecule has 0 aliphatic carbocycles. The van der Waals surface area contributed by atoms with E-state index in [0.29, 0.717) is 31.6 Å². The number of carbonyl (C=O) groups excluding carboxylic acids is 1. The number of halogens is 1. The lowest BCUT2D eigenvalue weighted by molar-refractivity contribution is -0.139. The predicted molar refractivity (Wildman–Crippen MR) is 76.6 cm³/mol. The molecule has 1 aliphatic heterocycles. The fourth-order valence-electron chi connectivity index (χ4n) is 2.34. The second-order valence-electron chi connectivity index (χ2n) is 4.93. The fraction of sp³-hybridized carbons (Fsp3) is 0.429.